The van der Waals surface area contributed by atoms with Crippen LogP contribution in [0.5, 0.6) is 0 Å². The standard InChI is InChI=1S/C15H23N3O2/c1-6-17-12(7-8-16-17)13(20)18-14(2,3)9-11(19)10-15(18,4)5/h7-8H,6,9-10H2,1-5H3. The number of carbonyl (C=O) groups excluding carboxylic acids is 2. The zero-order valence-corrected chi connectivity index (χ0v) is 12.9. The Morgan fingerprint density at radius 1 is 1.25 bits per heavy atom. The van der Waals surface area contributed by atoms with Crippen LogP contribution < -0.4 is 0 Å². The van der Waals surface area contributed by atoms with Crippen LogP contribution in [-0.4, -0.2) is 37.4 Å². The Balaban J connectivity index is 2.43. The molecule has 1 fully saturated rings. The molecule has 110 valence electrons. The summed E-state index contributed by atoms with van der Waals surface area (Å²) >= 11 is 0. The summed E-state index contributed by atoms with van der Waals surface area (Å²) in [5.41, 5.74) is -0.361. The predicted octanol–water partition coefficient (Wildman–Crippen LogP) is 2.27. The second-order valence-electron chi connectivity index (χ2n) is 6.69. The van der Waals surface area contributed by atoms with Gasteiger partial charge in [0.05, 0.1) is 0 Å². The number of nitrogens with zero attached hydrogens (tertiary/aromatic N) is 3. The van der Waals surface area contributed by atoms with Crippen molar-refractivity contribution < 1.29 is 9.59 Å². The van der Waals surface area contributed by atoms with E-state index >= 15 is 0 Å². The van der Waals surface area contributed by atoms with Crippen molar-refractivity contribution in [1.82, 2.24) is 14.7 Å². The van der Waals surface area contributed by atoms with Gasteiger partial charge in [-0.15, -0.1) is 0 Å². The van der Waals surface area contributed by atoms with E-state index in [1.807, 2.05) is 39.5 Å². The third-order valence-electron chi connectivity index (χ3n) is 3.91. The molecule has 1 amide bonds. The average molecular weight is 277 g/mol. The first-order chi connectivity index (χ1) is 9.19. The van der Waals surface area contributed by atoms with Crippen molar-refractivity contribution in [2.45, 2.75) is 65.1 Å². The molecule has 0 aromatic carbocycles. The zero-order chi connectivity index (χ0) is 15.1. The van der Waals surface area contributed by atoms with Gasteiger partial charge in [-0.05, 0) is 40.7 Å². The van der Waals surface area contributed by atoms with Gasteiger partial charge in [0.25, 0.3) is 5.91 Å². The largest absolute Gasteiger partial charge is 0.326 e. The van der Waals surface area contributed by atoms with E-state index in [1.54, 1.807) is 16.9 Å². The van der Waals surface area contributed by atoms with E-state index in [-0.39, 0.29) is 11.7 Å². The third-order valence-corrected chi connectivity index (χ3v) is 3.91. The van der Waals surface area contributed by atoms with E-state index in [1.165, 1.54) is 0 Å². The molecule has 0 spiro atoms. The summed E-state index contributed by atoms with van der Waals surface area (Å²) in [7, 11) is 0. The molecular formula is C15H23N3O2. The molecule has 1 aromatic heterocycles. The first kappa shape index (κ1) is 14.8. The fraction of sp³-hybridized carbons (Fsp3) is 0.667. The fourth-order valence-corrected chi connectivity index (χ4v) is 3.44. The summed E-state index contributed by atoms with van der Waals surface area (Å²) < 4.78 is 1.70. The van der Waals surface area contributed by atoms with Crippen LogP contribution in [-0.2, 0) is 11.3 Å². The number of ketones is 1. The van der Waals surface area contributed by atoms with Crippen molar-refractivity contribution >= 4 is 11.7 Å². The lowest BCUT2D eigenvalue weighted by Gasteiger charge is -2.52. The van der Waals surface area contributed by atoms with Crippen molar-refractivity contribution in [3.63, 3.8) is 0 Å². The first-order valence-electron chi connectivity index (χ1n) is 7.07. The number of hydrogen-bond acceptors (Lipinski definition) is 3. The molecule has 2 heterocycles. The molecule has 0 aliphatic carbocycles. The molecule has 1 saturated heterocycles. The Morgan fingerprint density at radius 3 is 2.30 bits per heavy atom. The smallest absolute Gasteiger partial charge is 0.273 e. The summed E-state index contributed by atoms with van der Waals surface area (Å²) in [6.07, 6.45) is 2.46. The highest BCUT2D eigenvalue weighted by molar-refractivity contribution is 5.95. The van der Waals surface area contributed by atoms with Crippen LogP contribution in [0.15, 0.2) is 12.3 Å². The lowest BCUT2D eigenvalue weighted by molar-refractivity contribution is -0.130. The molecule has 0 bridgehead atoms. The molecule has 5 nitrogen and oxygen atoms in total. The Morgan fingerprint density at radius 2 is 1.80 bits per heavy atom. The van der Waals surface area contributed by atoms with Crippen LogP contribution in [0.25, 0.3) is 0 Å². The van der Waals surface area contributed by atoms with E-state index in [0.717, 1.165) is 0 Å². The highest BCUT2D eigenvalue weighted by Gasteiger charge is 2.48. The normalized spacial score (nSPS) is 21.1. The molecule has 0 N–H and O–H groups in total. The number of aromatic nitrogens is 2. The third kappa shape index (κ3) is 2.37. The van der Waals surface area contributed by atoms with E-state index in [2.05, 4.69) is 5.10 Å². The van der Waals surface area contributed by atoms with Gasteiger partial charge in [-0.3, -0.25) is 14.3 Å². The average Bonchev–Trinajstić information content (AvgIpc) is 2.72. The number of likely N-dealkylation sites (tertiary alicyclic amines) is 1. The molecule has 0 radical (unpaired) electrons. The monoisotopic (exact) mass is 277 g/mol. The summed E-state index contributed by atoms with van der Waals surface area (Å²) in [6, 6.07) is 1.74. The SMILES string of the molecule is CCn1nccc1C(=O)N1C(C)(C)CC(=O)CC1(C)C. The maximum atomic E-state index is 12.9. The Hall–Kier alpha value is -1.65. The Kier molecular flexibility index (Phi) is 3.48. The van der Waals surface area contributed by atoms with Crippen LogP contribution in [0, 0.1) is 0 Å². The van der Waals surface area contributed by atoms with Crippen molar-refractivity contribution in [2.75, 3.05) is 0 Å². The highest BCUT2D eigenvalue weighted by Crippen LogP contribution is 2.37. The van der Waals surface area contributed by atoms with Gasteiger partial charge in [-0.25, -0.2) is 0 Å². The van der Waals surface area contributed by atoms with Crippen LogP contribution in [0.1, 0.15) is 57.9 Å². The van der Waals surface area contributed by atoms with Crippen LogP contribution in [0.3, 0.4) is 0 Å². The topological polar surface area (TPSA) is 55.2 Å². The molecule has 0 saturated carbocycles. The van der Waals surface area contributed by atoms with Gasteiger partial charge < -0.3 is 4.90 Å². The summed E-state index contributed by atoms with van der Waals surface area (Å²) in [5.74, 6) is 0.167. The molecule has 0 atom stereocenters. The zero-order valence-electron chi connectivity index (χ0n) is 12.9. The van der Waals surface area contributed by atoms with Gasteiger partial charge in [0.2, 0.25) is 0 Å². The number of rotatable bonds is 2. The second kappa shape index (κ2) is 4.72. The van der Waals surface area contributed by atoms with Crippen LogP contribution >= 0.6 is 0 Å². The summed E-state index contributed by atoms with van der Waals surface area (Å²) in [5, 5.41) is 4.16. The van der Waals surface area contributed by atoms with E-state index < -0.39 is 11.1 Å². The molecule has 1 aromatic rings. The first-order valence-corrected chi connectivity index (χ1v) is 7.07. The quantitative estimate of drug-likeness (QED) is 0.833. The van der Waals surface area contributed by atoms with Gasteiger partial charge in [0.1, 0.15) is 11.5 Å². The van der Waals surface area contributed by atoms with Gasteiger partial charge in [-0.1, -0.05) is 0 Å². The lowest BCUT2D eigenvalue weighted by atomic mass is 9.78. The maximum Gasteiger partial charge on any atom is 0.273 e. The minimum absolute atomic E-state index is 0.0492. The molecule has 5 heteroatoms. The van der Waals surface area contributed by atoms with Gasteiger partial charge in [0.15, 0.2) is 0 Å². The fourth-order valence-electron chi connectivity index (χ4n) is 3.44. The maximum absolute atomic E-state index is 12.9. The number of aryl methyl sites for hydroxylation is 1. The Labute approximate surface area is 119 Å². The van der Waals surface area contributed by atoms with Crippen molar-refractivity contribution in [3.8, 4) is 0 Å². The number of hydrogen-bond donors (Lipinski definition) is 0. The molecule has 1 aliphatic heterocycles. The summed E-state index contributed by atoms with van der Waals surface area (Å²) in [4.78, 5) is 26.7. The van der Waals surface area contributed by atoms with Gasteiger partial charge >= 0.3 is 0 Å². The van der Waals surface area contributed by atoms with Crippen LogP contribution in [0.2, 0.25) is 0 Å². The minimum Gasteiger partial charge on any atom is -0.326 e. The second-order valence-corrected chi connectivity index (χ2v) is 6.69. The van der Waals surface area contributed by atoms with E-state index in [0.29, 0.717) is 25.1 Å². The number of piperidine rings is 1. The summed E-state index contributed by atoms with van der Waals surface area (Å²) in [6.45, 7) is 10.4. The molecule has 2 rings (SSSR count). The van der Waals surface area contributed by atoms with Gasteiger partial charge in [-0.2, -0.15) is 5.10 Å². The number of carbonyl (C=O) groups is 2. The lowest BCUT2D eigenvalue weighted by Crippen LogP contribution is -2.63. The molecule has 1 aliphatic rings. The number of Topliss-reactive ketones (excluding diaryl/α,β-unsaturated/α-hetero) is 1. The Bertz CT molecular complexity index is 523. The highest BCUT2D eigenvalue weighted by atomic mass is 16.2. The molecule has 0 unspecified atom stereocenters. The van der Waals surface area contributed by atoms with E-state index in [4.69, 9.17) is 0 Å². The molecule has 20 heavy (non-hydrogen) atoms. The van der Waals surface area contributed by atoms with Crippen molar-refractivity contribution in [1.29, 1.82) is 0 Å². The van der Waals surface area contributed by atoms with Crippen LogP contribution in [0.4, 0.5) is 0 Å². The van der Waals surface area contributed by atoms with Gasteiger partial charge in [0, 0.05) is 36.7 Å². The van der Waals surface area contributed by atoms with Crippen molar-refractivity contribution in [3.05, 3.63) is 18.0 Å². The predicted molar refractivity (Wildman–Crippen MR) is 76.5 cm³/mol. The van der Waals surface area contributed by atoms with E-state index in [9.17, 15) is 9.59 Å². The number of amides is 1. The molecular weight excluding hydrogens is 254 g/mol. The minimum atomic E-state index is -0.473. The van der Waals surface area contributed by atoms with Crippen molar-refractivity contribution in [2.24, 2.45) is 0 Å².